The maximum atomic E-state index is 12.5. The van der Waals surface area contributed by atoms with Crippen molar-refractivity contribution < 1.29 is 4.79 Å². The van der Waals surface area contributed by atoms with Crippen LogP contribution in [0.25, 0.3) is 0 Å². The molecule has 6 heteroatoms. The molecular formula is C18H21ClN4O. The van der Waals surface area contributed by atoms with E-state index in [9.17, 15) is 4.79 Å². The molecule has 0 aliphatic carbocycles. The van der Waals surface area contributed by atoms with Crippen molar-refractivity contribution in [3.05, 3.63) is 46.7 Å². The van der Waals surface area contributed by atoms with Crippen molar-refractivity contribution in [2.75, 3.05) is 18.4 Å². The van der Waals surface area contributed by atoms with E-state index >= 15 is 0 Å². The second-order valence-electron chi connectivity index (χ2n) is 6.04. The van der Waals surface area contributed by atoms with Crippen LogP contribution in [0.3, 0.4) is 0 Å². The van der Waals surface area contributed by atoms with Crippen molar-refractivity contribution in [2.45, 2.75) is 32.6 Å². The van der Waals surface area contributed by atoms with Gasteiger partial charge in [-0.1, -0.05) is 30.5 Å². The molecule has 1 aromatic carbocycles. The lowest BCUT2D eigenvalue weighted by Gasteiger charge is -2.20. The number of hydrogen-bond acceptors (Lipinski definition) is 4. The average Bonchev–Trinajstić information content (AvgIpc) is 2.88. The van der Waals surface area contributed by atoms with Gasteiger partial charge in [0.05, 0.1) is 5.56 Å². The molecule has 1 saturated heterocycles. The van der Waals surface area contributed by atoms with Crippen LogP contribution in [0.4, 0.5) is 11.6 Å². The van der Waals surface area contributed by atoms with E-state index < -0.39 is 0 Å². The molecule has 126 valence electrons. The lowest BCUT2D eigenvalue weighted by Crippen LogP contribution is -2.32. The first-order valence-electron chi connectivity index (χ1n) is 8.28. The molecule has 0 radical (unpaired) electrons. The molecule has 0 saturated carbocycles. The van der Waals surface area contributed by atoms with E-state index in [1.165, 1.54) is 12.8 Å². The van der Waals surface area contributed by atoms with Gasteiger partial charge in [-0.05, 0) is 37.5 Å². The Kier molecular flexibility index (Phi) is 5.30. The van der Waals surface area contributed by atoms with Crippen LogP contribution in [0, 0.1) is 6.92 Å². The predicted octanol–water partition coefficient (Wildman–Crippen LogP) is 4.20. The SMILES string of the molecule is Cc1c(Cl)cccc1Nc1ncc(C(=O)N2CCCCCC2)cn1. The van der Waals surface area contributed by atoms with Crippen LogP contribution in [0.5, 0.6) is 0 Å². The highest BCUT2D eigenvalue weighted by Gasteiger charge is 2.18. The lowest BCUT2D eigenvalue weighted by molar-refractivity contribution is 0.0761. The van der Waals surface area contributed by atoms with Crippen molar-refractivity contribution in [1.29, 1.82) is 0 Å². The summed E-state index contributed by atoms with van der Waals surface area (Å²) in [5.74, 6) is 0.468. The molecule has 1 N–H and O–H groups in total. The van der Waals surface area contributed by atoms with Crippen LogP contribution in [0.1, 0.15) is 41.6 Å². The molecule has 1 aliphatic rings. The quantitative estimate of drug-likeness (QED) is 0.906. The fourth-order valence-corrected chi connectivity index (χ4v) is 3.00. The number of benzene rings is 1. The smallest absolute Gasteiger partial charge is 0.256 e. The van der Waals surface area contributed by atoms with Gasteiger partial charge in [0, 0.05) is 36.2 Å². The highest BCUT2D eigenvalue weighted by molar-refractivity contribution is 6.31. The molecule has 3 rings (SSSR count). The summed E-state index contributed by atoms with van der Waals surface area (Å²) in [6, 6.07) is 5.63. The normalized spacial score (nSPS) is 15.0. The van der Waals surface area contributed by atoms with Crippen molar-refractivity contribution in [3.8, 4) is 0 Å². The number of rotatable bonds is 3. The molecule has 1 aromatic heterocycles. The largest absolute Gasteiger partial charge is 0.339 e. The lowest BCUT2D eigenvalue weighted by atomic mass is 10.2. The second kappa shape index (κ2) is 7.62. The number of amides is 1. The van der Waals surface area contributed by atoms with Gasteiger partial charge >= 0.3 is 0 Å². The third-order valence-corrected chi connectivity index (χ3v) is 4.72. The van der Waals surface area contributed by atoms with Gasteiger partial charge in [0.25, 0.3) is 5.91 Å². The predicted molar refractivity (Wildman–Crippen MR) is 95.9 cm³/mol. The number of carbonyl (C=O) groups is 1. The zero-order chi connectivity index (χ0) is 16.9. The van der Waals surface area contributed by atoms with Gasteiger partial charge in [0.15, 0.2) is 0 Å². The van der Waals surface area contributed by atoms with Gasteiger partial charge in [0.2, 0.25) is 5.95 Å². The first kappa shape index (κ1) is 16.7. The van der Waals surface area contributed by atoms with Crippen molar-refractivity contribution in [1.82, 2.24) is 14.9 Å². The summed E-state index contributed by atoms with van der Waals surface area (Å²) in [5.41, 5.74) is 2.33. The zero-order valence-electron chi connectivity index (χ0n) is 13.8. The Morgan fingerprint density at radius 3 is 2.46 bits per heavy atom. The maximum absolute atomic E-state index is 12.5. The highest BCUT2D eigenvalue weighted by Crippen LogP contribution is 2.24. The number of likely N-dealkylation sites (tertiary alicyclic amines) is 1. The monoisotopic (exact) mass is 344 g/mol. The zero-order valence-corrected chi connectivity index (χ0v) is 14.5. The Balaban J connectivity index is 1.71. The van der Waals surface area contributed by atoms with Crippen LogP contribution >= 0.6 is 11.6 Å². The van der Waals surface area contributed by atoms with E-state index in [4.69, 9.17) is 11.6 Å². The van der Waals surface area contributed by atoms with Crippen molar-refractivity contribution in [3.63, 3.8) is 0 Å². The van der Waals surface area contributed by atoms with Crippen LogP contribution in [-0.2, 0) is 0 Å². The molecule has 0 bridgehead atoms. The van der Waals surface area contributed by atoms with Crippen LogP contribution < -0.4 is 5.32 Å². The highest BCUT2D eigenvalue weighted by atomic mass is 35.5. The fourth-order valence-electron chi connectivity index (χ4n) is 2.82. The molecule has 5 nitrogen and oxygen atoms in total. The fraction of sp³-hybridized carbons (Fsp3) is 0.389. The molecule has 0 spiro atoms. The molecule has 0 unspecified atom stereocenters. The molecule has 1 fully saturated rings. The van der Waals surface area contributed by atoms with Gasteiger partial charge in [-0.2, -0.15) is 0 Å². The Morgan fingerprint density at radius 2 is 1.79 bits per heavy atom. The number of nitrogens with one attached hydrogen (secondary N) is 1. The first-order chi connectivity index (χ1) is 11.6. The molecule has 24 heavy (non-hydrogen) atoms. The number of carbonyl (C=O) groups excluding carboxylic acids is 1. The van der Waals surface area contributed by atoms with E-state index in [0.29, 0.717) is 16.5 Å². The summed E-state index contributed by atoms with van der Waals surface area (Å²) in [5, 5.41) is 3.83. The van der Waals surface area contributed by atoms with E-state index in [2.05, 4.69) is 15.3 Å². The number of anilines is 2. The Labute approximate surface area is 147 Å². The van der Waals surface area contributed by atoms with Gasteiger partial charge in [-0.15, -0.1) is 0 Å². The molecule has 0 atom stereocenters. The topological polar surface area (TPSA) is 58.1 Å². The summed E-state index contributed by atoms with van der Waals surface area (Å²) in [4.78, 5) is 23.0. The van der Waals surface area contributed by atoms with Crippen molar-refractivity contribution >= 4 is 29.1 Å². The van der Waals surface area contributed by atoms with Crippen LogP contribution in [0.2, 0.25) is 5.02 Å². The maximum Gasteiger partial charge on any atom is 0.256 e. The van der Waals surface area contributed by atoms with Crippen LogP contribution in [-0.4, -0.2) is 33.9 Å². The standard InChI is InChI=1S/C18H21ClN4O/c1-13-15(19)7-6-8-16(13)22-18-20-11-14(12-21-18)17(24)23-9-4-2-3-5-10-23/h6-8,11-12H,2-5,9-10H2,1H3,(H,20,21,22). The second-order valence-corrected chi connectivity index (χ2v) is 6.45. The summed E-state index contributed by atoms with van der Waals surface area (Å²) < 4.78 is 0. The minimum absolute atomic E-state index is 0.0161. The van der Waals surface area contributed by atoms with E-state index in [0.717, 1.165) is 37.2 Å². The van der Waals surface area contributed by atoms with Gasteiger partial charge in [0.1, 0.15) is 0 Å². The molecule has 1 aliphatic heterocycles. The number of halogens is 1. The third-order valence-electron chi connectivity index (χ3n) is 4.31. The van der Waals surface area contributed by atoms with Gasteiger partial charge in [-0.3, -0.25) is 4.79 Å². The van der Waals surface area contributed by atoms with Gasteiger partial charge in [-0.25, -0.2) is 9.97 Å². The van der Waals surface area contributed by atoms with E-state index in [1.807, 2.05) is 30.0 Å². The van der Waals surface area contributed by atoms with Crippen molar-refractivity contribution in [2.24, 2.45) is 0 Å². The summed E-state index contributed by atoms with van der Waals surface area (Å²) in [6.07, 6.45) is 7.70. The summed E-state index contributed by atoms with van der Waals surface area (Å²) >= 11 is 6.12. The van der Waals surface area contributed by atoms with Gasteiger partial charge < -0.3 is 10.2 Å². The van der Waals surface area contributed by atoms with Crippen LogP contribution in [0.15, 0.2) is 30.6 Å². The minimum Gasteiger partial charge on any atom is -0.339 e. The summed E-state index contributed by atoms with van der Waals surface area (Å²) in [7, 11) is 0. The average molecular weight is 345 g/mol. The third kappa shape index (κ3) is 3.85. The summed E-state index contributed by atoms with van der Waals surface area (Å²) in [6.45, 7) is 3.57. The Morgan fingerprint density at radius 1 is 1.12 bits per heavy atom. The number of hydrogen-bond donors (Lipinski definition) is 1. The van der Waals surface area contributed by atoms with E-state index in [-0.39, 0.29) is 5.91 Å². The molecule has 1 amide bonds. The minimum atomic E-state index is 0.0161. The Bertz CT molecular complexity index is 709. The Hall–Kier alpha value is -2.14. The molecular weight excluding hydrogens is 324 g/mol. The molecule has 2 heterocycles. The number of aromatic nitrogens is 2. The molecule has 2 aromatic rings. The van der Waals surface area contributed by atoms with E-state index in [1.54, 1.807) is 12.4 Å². The number of nitrogens with zero attached hydrogens (tertiary/aromatic N) is 3. The first-order valence-corrected chi connectivity index (χ1v) is 8.66.